The van der Waals surface area contributed by atoms with E-state index in [1.165, 1.54) is 31.2 Å². The Bertz CT molecular complexity index is 1290. The van der Waals surface area contributed by atoms with Crippen LogP contribution in [0.15, 0.2) is 36.4 Å². The normalized spacial score (nSPS) is 37.9. The zero-order valence-corrected chi connectivity index (χ0v) is 22.8. The number of hydrogen-bond acceptors (Lipinski definition) is 15. The van der Waals surface area contributed by atoms with Gasteiger partial charge in [-0.3, -0.25) is 4.79 Å². The Balaban J connectivity index is 1.34. The van der Waals surface area contributed by atoms with Crippen LogP contribution in [0.1, 0.15) is 28.9 Å². The van der Waals surface area contributed by atoms with E-state index in [2.05, 4.69) is 0 Å². The van der Waals surface area contributed by atoms with Crippen molar-refractivity contribution in [1.29, 1.82) is 0 Å². The molecule has 236 valence electrons. The average molecular weight is 611 g/mol. The first-order valence-corrected chi connectivity index (χ1v) is 13.6. The van der Waals surface area contributed by atoms with Gasteiger partial charge in [0.15, 0.2) is 18.5 Å². The molecule has 43 heavy (non-hydrogen) atoms. The molecule has 3 heterocycles. The van der Waals surface area contributed by atoms with E-state index < -0.39 is 91.6 Å². The summed E-state index contributed by atoms with van der Waals surface area (Å²) in [4.78, 5) is 13.6. The van der Waals surface area contributed by atoms with Gasteiger partial charge >= 0.3 is 0 Å². The average Bonchev–Trinajstić information content (AvgIpc) is 2.96. The molecule has 0 amide bonds. The summed E-state index contributed by atoms with van der Waals surface area (Å²) in [5.74, 6) is -1.99. The van der Waals surface area contributed by atoms with Crippen LogP contribution < -0.4 is 4.74 Å². The largest absolute Gasteiger partial charge is 0.508 e. The first kappa shape index (κ1) is 31.3. The van der Waals surface area contributed by atoms with Crippen LogP contribution in [0.2, 0.25) is 0 Å². The maximum atomic E-state index is 13.6. The summed E-state index contributed by atoms with van der Waals surface area (Å²) in [5.41, 5.74) is 0.0270. The van der Waals surface area contributed by atoms with Crippen LogP contribution in [-0.2, 0) is 18.9 Å². The number of hydrogen-bond donors (Lipinski definition) is 9. The van der Waals surface area contributed by atoms with Gasteiger partial charge in [-0.25, -0.2) is 0 Å². The number of aliphatic hydroxyl groups excluding tert-OH is 6. The summed E-state index contributed by atoms with van der Waals surface area (Å²) >= 11 is 0. The third-order valence-corrected chi connectivity index (χ3v) is 7.79. The molecule has 0 radical (unpaired) electrons. The minimum absolute atomic E-state index is 0.0729. The van der Waals surface area contributed by atoms with Crippen LogP contribution in [0.5, 0.6) is 23.0 Å². The molecule has 0 bridgehead atoms. The first-order chi connectivity index (χ1) is 20.4. The molecule has 0 aromatic heterocycles. The quantitative estimate of drug-likeness (QED) is 0.168. The molecule has 2 fully saturated rings. The molecule has 3 aliphatic heterocycles. The molecule has 2 saturated heterocycles. The van der Waals surface area contributed by atoms with Crippen LogP contribution in [0.4, 0.5) is 0 Å². The number of ketones is 1. The lowest BCUT2D eigenvalue weighted by atomic mass is 9.92. The molecule has 0 aliphatic carbocycles. The molecular weight excluding hydrogens is 576 g/mol. The van der Waals surface area contributed by atoms with Crippen molar-refractivity contribution < 1.29 is 74.4 Å². The fourth-order valence-electron chi connectivity index (χ4n) is 5.33. The number of carbonyl (C=O) groups is 1. The van der Waals surface area contributed by atoms with Crippen molar-refractivity contribution in [3.63, 3.8) is 0 Å². The molecule has 3 aliphatic rings. The van der Waals surface area contributed by atoms with Gasteiger partial charge in [-0.1, -0.05) is 12.1 Å². The Morgan fingerprint density at radius 3 is 2.00 bits per heavy atom. The van der Waals surface area contributed by atoms with Crippen molar-refractivity contribution >= 4 is 5.78 Å². The number of aromatic hydroxyl groups is 3. The highest BCUT2D eigenvalue weighted by Crippen LogP contribution is 2.43. The van der Waals surface area contributed by atoms with E-state index in [9.17, 15) is 50.8 Å². The third-order valence-electron chi connectivity index (χ3n) is 7.79. The van der Waals surface area contributed by atoms with E-state index in [4.69, 9.17) is 23.7 Å². The van der Waals surface area contributed by atoms with Gasteiger partial charge in [-0.2, -0.15) is 0 Å². The van der Waals surface area contributed by atoms with Gasteiger partial charge in [-0.15, -0.1) is 0 Å². The van der Waals surface area contributed by atoms with Crippen LogP contribution in [0.25, 0.3) is 0 Å². The predicted octanol–water partition coefficient (Wildman–Crippen LogP) is -1.80. The number of fused-ring (bicyclic) bond motifs is 1. The minimum Gasteiger partial charge on any atom is -0.508 e. The Hall–Kier alpha value is -3.09. The lowest BCUT2D eigenvalue weighted by Gasteiger charge is -2.43. The molecule has 0 spiro atoms. The number of rotatable bonds is 7. The molecule has 12 unspecified atom stereocenters. The van der Waals surface area contributed by atoms with Gasteiger partial charge < -0.3 is 69.6 Å². The van der Waals surface area contributed by atoms with Gasteiger partial charge in [0.25, 0.3) is 0 Å². The summed E-state index contributed by atoms with van der Waals surface area (Å²) in [6, 6.07) is 7.63. The number of phenols is 3. The Morgan fingerprint density at radius 2 is 1.35 bits per heavy atom. The summed E-state index contributed by atoms with van der Waals surface area (Å²) < 4.78 is 28.5. The molecule has 0 saturated carbocycles. The third kappa shape index (κ3) is 6.14. The number of Topliss-reactive ketones (excluding diaryl/α,β-unsaturated/α-hetero) is 1. The van der Waals surface area contributed by atoms with Crippen molar-refractivity contribution in [3.05, 3.63) is 47.5 Å². The maximum Gasteiger partial charge on any atom is 0.203 e. The summed E-state index contributed by atoms with van der Waals surface area (Å²) in [6.45, 7) is 0.791. The van der Waals surface area contributed by atoms with Crippen molar-refractivity contribution in [1.82, 2.24) is 0 Å². The Labute approximate surface area is 244 Å². The van der Waals surface area contributed by atoms with Crippen molar-refractivity contribution in [2.75, 3.05) is 13.2 Å². The van der Waals surface area contributed by atoms with E-state index >= 15 is 0 Å². The summed E-state index contributed by atoms with van der Waals surface area (Å²) in [7, 11) is 0. The number of carbonyl (C=O) groups excluding carboxylic acids is 1. The minimum atomic E-state index is -1.85. The van der Waals surface area contributed by atoms with E-state index in [0.29, 0.717) is 5.56 Å². The topological polar surface area (TPSA) is 245 Å². The smallest absolute Gasteiger partial charge is 0.203 e. The molecule has 9 N–H and O–H groups in total. The highest BCUT2D eigenvalue weighted by atomic mass is 16.7. The van der Waals surface area contributed by atoms with Gasteiger partial charge in [0, 0.05) is 12.1 Å². The van der Waals surface area contributed by atoms with E-state index in [0.717, 1.165) is 12.1 Å². The van der Waals surface area contributed by atoms with Crippen LogP contribution in [-0.4, -0.2) is 132 Å². The zero-order chi connectivity index (χ0) is 31.2. The fourth-order valence-corrected chi connectivity index (χ4v) is 5.33. The van der Waals surface area contributed by atoms with Crippen LogP contribution in [0, 0.1) is 0 Å². The molecule has 15 nitrogen and oxygen atoms in total. The lowest BCUT2D eigenvalue weighted by molar-refractivity contribution is -0.314. The second-order valence-electron chi connectivity index (χ2n) is 10.8. The van der Waals surface area contributed by atoms with Crippen LogP contribution in [0.3, 0.4) is 0 Å². The van der Waals surface area contributed by atoms with Crippen molar-refractivity contribution in [3.8, 4) is 23.0 Å². The predicted molar refractivity (Wildman–Crippen MR) is 140 cm³/mol. The van der Waals surface area contributed by atoms with Gasteiger partial charge in [0.05, 0.1) is 19.3 Å². The zero-order valence-electron chi connectivity index (χ0n) is 22.8. The van der Waals surface area contributed by atoms with E-state index in [-0.39, 0.29) is 29.4 Å². The fraction of sp³-hybridized carbons (Fsp3) is 0.536. The molecule has 12 atom stereocenters. The first-order valence-electron chi connectivity index (χ1n) is 13.6. The number of aliphatic hydroxyl groups is 6. The number of phenolic OH excluding ortho intramolecular Hbond substituents is 3. The molecule has 2 aromatic carbocycles. The second-order valence-corrected chi connectivity index (χ2v) is 10.8. The molecule has 5 rings (SSSR count). The lowest BCUT2D eigenvalue weighted by Crippen LogP contribution is -2.61. The standard InChI is InChI=1S/C28H34O15/c1-10-19(32)23(36)20(33)16(40-10)8-39-9-17-21(34)24(37)25(38)28(42-17)43-27-22(35)18-14(31)6-13(30)7-15(18)41-26(27)11-2-4-12(29)5-3-11/h2-7,10,16-17,19-21,23-34,36-38H,8-9H2,1H3. The molecule has 2 aromatic rings. The number of benzene rings is 2. The van der Waals surface area contributed by atoms with Crippen LogP contribution >= 0.6 is 0 Å². The number of ether oxygens (including phenoxy) is 5. The van der Waals surface area contributed by atoms with E-state index in [1.54, 1.807) is 0 Å². The molecule has 15 heteroatoms. The van der Waals surface area contributed by atoms with Gasteiger partial charge in [-0.05, 0) is 24.6 Å². The second kappa shape index (κ2) is 12.5. The molecular formula is C28H34O15. The summed E-state index contributed by atoms with van der Waals surface area (Å²) in [5, 5.41) is 91.9. The van der Waals surface area contributed by atoms with E-state index in [1.807, 2.05) is 0 Å². The Morgan fingerprint density at radius 1 is 0.744 bits per heavy atom. The maximum absolute atomic E-state index is 13.6. The highest BCUT2D eigenvalue weighted by Gasteiger charge is 2.49. The van der Waals surface area contributed by atoms with Gasteiger partial charge in [0.1, 0.15) is 77.4 Å². The highest BCUT2D eigenvalue weighted by molar-refractivity contribution is 6.05. The Kier molecular flexibility index (Phi) is 9.10. The van der Waals surface area contributed by atoms with Gasteiger partial charge in [0.2, 0.25) is 5.78 Å². The summed E-state index contributed by atoms with van der Waals surface area (Å²) in [6.07, 6.45) is -17.3. The SMILES string of the molecule is CC1OC(COCC2OC(OC3C(=O)c4c(O)cc(O)cc4OC3c3ccc(O)cc3)C(O)C(O)C2O)C(O)C(O)C1O. The van der Waals surface area contributed by atoms with Crippen molar-refractivity contribution in [2.24, 2.45) is 0 Å². The van der Waals surface area contributed by atoms with Crippen molar-refractivity contribution in [2.45, 2.75) is 80.4 Å². The monoisotopic (exact) mass is 610 g/mol.